The summed E-state index contributed by atoms with van der Waals surface area (Å²) in [5, 5.41) is 12.3. The lowest BCUT2D eigenvalue weighted by molar-refractivity contribution is -0.127. The van der Waals surface area contributed by atoms with Crippen molar-refractivity contribution in [2.24, 2.45) is 0 Å². The van der Waals surface area contributed by atoms with Gasteiger partial charge in [0, 0.05) is 48.9 Å². The minimum atomic E-state index is -0.886. The first-order chi connectivity index (χ1) is 22.3. The maximum atomic E-state index is 15.2. The van der Waals surface area contributed by atoms with Gasteiger partial charge in [-0.05, 0) is 41.6 Å². The second kappa shape index (κ2) is 11.5. The fourth-order valence-corrected chi connectivity index (χ4v) is 5.78. The maximum absolute atomic E-state index is 15.2. The molecule has 0 saturated carbocycles. The van der Waals surface area contributed by atoms with Gasteiger partial charge in [-0.15, -0.1) is 10.2 Å². The Morgan fingerprint density at radius 2 is 1.43 bits per heavy atom. The average molecular weight is 621 g/mol. The van der Waals surface area contributed by atoms with Crippen molar-refractivity contribution in [3.05, 3.63) is 101 Å². The number of hydrogen-bond acceptors (Lipinski definition) is 8. The van der Waals surface area contributed by atoms with Crippen LogP contribution >= 0.6 is 0 Å². The summed E-state index contributed by atoms with van der Waals surface area (Å²) in [6.07, 6.45) is 1.28. The topological polar surface area (TPSA) is 154 Å². The minimum Gasteiger partial charge on any atom is -0.360 e. The van der Waals surface area contributed by atoms with Gasteiger partial charge in [0.15, 0.2) is 0 Å². The Hall–Kier alpha value is -6.05. The molecule has 0 spiro atoms. The number of benzene rings is 3. The van der Waals surface area contributed by atoms with Crippen LogP contribution in [0.2, 0.25) is 0 Å². The van der Waals surface area contributed by atoms with Crippen LogP contribution in [-0.4, -0.2) is 102 Å². The third-order valence-corrected chi connectivity index (χ3v) is 8.19. The number of carbonyl (C=O) groups excluding carboxylic acids is 5. The van der Waals surface area contributed by atoms with Crippen molar-refractivity contribution in [2.75, 3.05) is 32.7 Å². The van der Waals surface area contributed by atoms with E-state index in [4.69, 9.17) is 0 Å². The van der Waals surface area contributed by atoms with E-state index >= 15 is 4.39 Å². The molecule has 3 aromatic carbocycles. The number of hydrogen-bond donors (Lipinski definition) is 1. The first kappa shape index (κ1) is 28.7. The highest BCUT2D eigenvalue weighted by Crippen LogP contribution is 2.31. The Labute approximate surface area is 260 Å². The van der Waals surface area contributed by atoms with Crippen molar-refractivity contribution >= 4 is 40.3 Å². The minimum absolute atomic E-state index is 0.0128. The fourth-order valence-electron chi connectivity index (χ4n) is 5.78. The number of nitrogens with zero attached hydrogens (tertiary/aromatic N) is 7. The van der Waals surface area contributed by atoms with Gasteiger partial charge in [-0.25, -0.2) is 4.39 Å². The Bertz CT molecular complexity index is 2010. The number of aromatic amines is 1. The number of imide groups is 1. The Balaban J connectivity index is 1.05. The average Bonchev–Trinajstić information content (AvgIpc) is 3.81. The summed E-state index contributed by atoms with van der Waals surface area (Å²) in [5.74, 6) is -3.24. The van der Waals surface area contributed by atoms with Crippen LogP contribution in [0, 0.1) is 5.82 Å². The summed E-state index contributed by atoms with van der Waals surface area (Å²) in [6.45, 7) is 0.913. The van der Waals surface area contributed by atoms with E-state index in [0.717, 1.165) is 11.0 Å². The van der Waals surface area contributed by atoms with Gasteiger partial charge >= 0.3 is 0 Å². The number of tetrazole rings is 1. The number of carbonyl (C=O) groups is 5. The van der Waals surface area contributed by atoms with Gasteiger partial charge in [0.05, 0.1) is 35.3 Å². The molecule has 1 saturated heterocycles. The molecule has 2 aliphatic heterocycles. The van der Waals surface area contributed by atoms with Crippen molar-refractivity contribution in [3.63, 3.8) is 0 Å². The molecule has 2 aromatic heterocycles. The first-order valence-corrected chi connectivity index (χ1v) is 14.5. The number of fused-ring (bicyclic) bond motifs is 2. The van der Waals surface area contributed by atoms with Crippen molar-refractivity contribution in [2.45, 2.75) is 6.54 Å². The van der Waals surface area contributed by atoms with Gasteiger partial charge in [0.25, 0.3) is 29.4 Å². The highest BCUT2D eigenvalue weighted by molar-refractivity contribution is 6.45. The SMILES string of the molecule is O=C(C(=O)N1CCN(C(=O)c2ccccc2)CC1)c1c[nH]c2c(-c3nnn(CCN4C(=O)c5ccccc5C4=O)n3)ccc(F)c12. The van der Waals surface area contributed by atoms with Crippen LogP contribution in [0.1, 0.15) is 41.4 Å². The molecule has 5 aromatic rings. The second-order valence-corrected chi connectivity index (χ2v) is 10.8. The highest BCUT2D eigenvalue weighted by atomic mass is 19.1. The number of nitrogens with one attached hydrogen (secondary N) is 1. The van der Waals surface area contributed by atoms with E-state index in [0.29, 0.717) is 22.3 Å². The summed E-state index contributed by atoms with van der Waals surface area (Å²) in [4.78, 5) is 72.8. The molecule has 46 heavy (non-hydrogen) atoms. The lowest BCUT2D eigenvalue weighted by atomic mass is 10.0. The molecule has 4 amide bonds. The number of halogens is 1. The number of amides is 4. The summed E-state index contributed by atoms with van der Waals surface area (Å²) in [7, 11) is 0. The molecule has 230 valence electrons. The quantitative estimate of drug-likeness (QED) is 0.165. The van der Waals surface area contributed by atoms with E-state index in [1.165, 1.54) is 22.0 Å². The van der Waals surface area contributed by atoms with Crippen LogP contribution in [0.4, 0.5) is 4.39 Å². The summed E-state index contributed by atoms with van der Waals surface area (Å²) < 4.78 is 15.2. The monoisotopic (exact) mass is 620 g/mol. The van der Waals surface area contributed by atoms with E-state index in [9.17, 15) is 24.0 Å². The predicted octanol–water partition coefficient (Wildman–Crippen LogP) is 2.42. The zero-order valence-corrected chi connectivity index (χ0v) is 24.2. The van der Waals surface area contributed by atoms with Crippen LogP contribution in [0.25, 0.3) is 22.3 Å². The van der Waals surface area contributed by atoms with E-state index in [2.05, 4.69) is 20.4 Å². The molecular weight excluding hydrogens is 595 g/mol. The van der Waals surface area contributed by atoms with Crippen LogP contribution in [0.15, 0.2) is 72.9 Å². The second-order valence-electron chi connectivity index (χ2n) is 10.8. The van der Waals surface area contributed by atoms with Crippen molar-refractivity contribution < 1.29 is 28.4 Å². The molecule has 0 aliphatic carbocycles. The smallest absolute Gasteiger partial charge is 0.295 e. The Morgan fingerprint density at radius 3 is 2.13 bits per heavy atom. The molecule has 14 heteroatoms. The molecule has 4 heterocycles. The third kappa shape index (κ3) is 4.89. The van der Waals surface area contributed by atoms with Gasteiger partial charge in [0.1, 0.15) is 5.82 Å². The largest absolute Gasteiger partial charge is 0.360 e. The number of ketones is 1. The van der Waals surface area contributed by atoms with E-state index in [-0.39, 0.29) is 67.5 Å². The summed E-state index contributed by atoms with van der Waals surface area (Å²) in [6, 6.07) is 18.0. The molecule has 1 fully saturated rings. The molecule has 0 bridgehead atoms. The van der Waals surface area contributed by atoms with E-state index in [1.807, 2.05) is 6.07 Å². The lowest BCUT2D eigenvalue weighted by Crippen LogP contribution is -2.52. The zero-order chi connectivity index (χ0) is 31.9. The van der Waals surface area contributed by atoms with Gasteiger partial charge in [-0.3, -0.25) is 28.9 Å². The Morgan fingerprint density at radius 1 is 0.783 bits per heavy atom. The molecule has 0 unspecified atom stereocenters. The van der Waals surface area contributed by atoms with Crippen LogP contribution in [0.5, 0.6) is 0 Å². The molecule has 0 radical (unpaired) electrons. The number of Topliss-reactive ketones (excluding diaryl/α,β-unsaturated/α-hetero) is 1. The standard InChI is InChI=1S/C32H25FN8O5/c33-24-11-10-22(28-35-37-41(36-28)17-16-40-30(44)20-8-4-5-9-21(20)31(40)45)26-25(24)23(18-34-26)27(42)32(46)39-14-12-38(13-15-39)29(43)19-6-2-1-3-7-19/h1-11,18,34H,12-17H2. The predicted molar refractivity (Wildman–Crippen MR) is 160 cm³/mol. The zero-order valence-electron chi connectivity index (χ0n) is 24.2. The Kier molecular flexibility index (Phi) is 7.15. The normalized spacial score (nSPS) is 14.7. The molecule has 1 N–H and O–H groups in total. The number of H-pyrrole nitrogens is 1. The molecule has 2 aliphatic rings. The van der Waals surface area contributed by atoms with Crippen molar-refractivity contribution in [3.8, 4) is 11.4 Å². The van der Waals surface area contributed by atoms with Gasteiger partial charge < -0.3 is 14.8 Å². The lowest BCUT2D eigenvalue weighted by Gasteiger charge is -2.34. The van der Waals surface area contributed by atoms with Crippen LogP contribution < -0.4 is 0 Å². The van der Waals surface area contributed by atoms with Gasteiger partial charge in [0.2, 0.25) is 5.82 Å². The van der Waals surface area contributed by atoms with Crippen LogP contribution in [-0.2, 0) is 11.3 Å². The highest BCUT2D eigenvalue weighted by Gasteiger charge is 2.35. The van der Waals surface area contributed by atoms with Crippen molar-refractivity contribution in [1.82, 2.24) is 39.9 Å². The summed E-state index contributed by atoms with van der Waals surface area (Å²) >= 11 is 0. The fraction of sp³-hybridized carbons (Fsp3) is 0.188. The maximum Gasteiger partial charge on any atom is 0.295 e. The molecule has 0 atom stereocenters. The van der Waals surface area contributed by atoms with Crippen molar-refractivity contribution in [1.29, 1.82) is 0 Å². The molecule has 13 nitrogen and oxygen atoms in total. The number of aromatic nitrogens is 5. The van der Waals surface area contributed by atoms with Crippen LogP contribution in [0.3, 0.4) is 0 Å². The van der Waals surface area contributed by atoms with E-state index < -0.39 is 29.3 Å². The molecular formula is C32H25FN8O5. The molecule has 7 rings (SSSR count). The summed E-state index contributed by atoms with van der Waals surface area (Å²) in [5.41, 5.74) is 1.62. The third-order valence-electron chi connectivity index (χ3n) is 8.19. The van der Waals surface area contributed by atoms with E-state index in [1.54, 1.807) is 53.4 Å². The van der Waals surface area contributed by atoms with Gasteiger partial charge in [-0.2, -0.15) is 4.80 Å². The van der Waals surface area contributed by atoms with Gasteiger partial charge in [-0.1, -0.05) is 30.3 Å². The number of piperazine rings is 1. The first-order valence-electron chi connectivity index (χ1n) is 14.5. The number of rotatable bonds is 7.